The van der Waals surface area contributed by atoms with Gasteiger partial charge in [0.2, 0.25) is 0 Å². The quantitative estimate of drug-likeness (QED) is 0.170. The number of aryl methyl sites for hydroxylation is 2. The Bertz CT molecular complexity index is 2760. The molecular formula is C54H59BrN10O4S2. The summed E-state index contributed by atoms with van der Waals surface area (Å²) in [6.07, 6.45) is 7.60. The maximum atomic E-state index is 13.2. The van der Waals surface area contributed by atoms with Gasteiger partial charge in [0, 0.05) is 160 Å². The first-order valence-corrected chi connectivity index (χ1v) is 27.3. The second kappa shape index (κ2) is 22.6. The smallest absolute Gasteiger partial charge is 0.282 e. The second-order valence-electron chi connectivity index (χ2n) is 18.7. The molecule has 8 heterocycles. The average Bonchev–Trinajstić information content (AvgIpc) is 4.15. The lowest BCUT2D eigenvalue weighted by Crippen LogP contribution is -2.64. The van der Waals surface area contributed by atoms with E-state index < -0.39 is 0 Å². The Morgan fingerprint density at radius 3 is 1.55 bits per heavy atom. The number of rotatable bonds is 7. The summed E-state index contributed by atoms with van der Waals surface area (Å²) >= 11 is 6.10. The predicted octanol–water partition coefficient (Wildman–Crippen LogP) is 7.74. The molecule has 0 unspecified atom stereocenters. The molecule has 0 saturated carbocycles. The molecule has 14 nitrogen and oxygen atoms in total. The number of anilines is 3. The van der Waals surface area contributed by atoms with Gasteiger partial charge in [-0.25, -0.2) is 9.97 Å². The standard InChI is InChI=1S/C27H29N5O2S.C21H25N5O2S.C6H5Br/c33-26(21-8-9-24-20(17-21)5-4-11-32(24)22-6-2-1-3-7-22)31-18-23(19-31)29-12-14-30(15-13-29)27(34)25-28-10-16-35-25;27-20(16-3-4-18-15(12-16)2-1-5-22-18)26-13-17(14-26)24-7-9-25(10-8-24)21(28)19-23-6-11-29-19;7-6-4-2-1-3-5-6/h1-3,6-10,16-17,23H,4-5,11-15,18-19H2;3-4,6,11-12,17,22H,1-2,5,7-10,13-14H2;1-5H. The van der Waals surface area contributed by atoms with Gasteiger partial charge in [0.25, 0.3) is 23.6 Å². The van der Waals surface area contributed by atoms with Crippen LogP contribution in [-0.4, -0.2) is 167 Å². The maximum Gasteiger partial charge on any atom is 0.282 e. The number of hydrogen-bond donors (Lipinski definition) is 1. The number of fused-ring (bicyclic) bond motifs is 2. The zero-order valence-electron chi connectivity index (χ0n) is 39.8. The normalized spacial score (nSPS) is 18.3. The molecule has 0 atom stereocenters. The first kappa shape index (κ1) is 48.6. The van der Waals surface area contributed by atoms with E-state index >= 15 is 0 Å². The summed E-state index contributed by atoms with van der Waals surface area (Å²) in [5.74, 6) is 0.320. The zero-order valence-corrected chi connectivity index (χ0v) is 43.0. The average molecular weight is 1060 g/mol. The lowest BCUT2D eigenvalue weighted by molar-refractivity contribution is 0.00806. The summed E-state index contributed by atoms with van der Waals surface area (Å²) in [5, 5.41) is 8.20. The van der Waals surface area contributed by atoms with Gasteiger partial charge in [0.1, 0.15) is 0 Å². The maximum absolute atomic E-state index is 13.2. The molecule has 17 heteroatoms. The summed E-state index contributed by atoms with van der Waals surface area (Å²) in [4.78, 5) is 74.1. The van der Waals surface area contributed by atoms with E-state index in [0.29, 0.717) is 35.2 Å². The number of thiazole rings is 2. The van der Waals surface area contributed by atoms with E-state index in [9.17, 15) is 19.2 Å². The summed E-state index contributed by atoms with van der Waals surface area (Å²) in [5.41, 5.74) is 7.67. The van der Waals surface area contributed by atoms with E-state index in [-0.39, 0.29) is 23.6 Å². The Balaban J connectivity index is 0.000000146. The fraction of sp³-hybridized carbons (Fsp3) is 0.370. The van der Waals surface area contributed by atoms with Gasteiger partial charge < -0.3 is 29.8 Å². The van der Waals surface area contributed by atoms with Crippen LogP contribution < -0.4 is 10.2 Å². The van der Waals surface area contributed by atoms with E-state index in [1.807, 2.05) is 85.0 Å². The summed E-state index contributed by atoms with van der Waals surface area (Å²) in [6.45, 7) is 11.3. The Morgan fingerprint density at radius 1 is 0.535 bits per heavy atom. The molecule has 1 N–H and O–H groups in total. The van der Waals surface area contributed by atoms with Gasteiger partial charge >= 0.3 is 0 Å². The number of piperazine rings is 2. The second-order valence-corrected chi connectivity index (χ2v) is 21.4. The number of likely N-dealkylation sites (tertiary alicyclic amines) is 2. The molecule has 4 amide bonds. The van der Waals surface area contributed by atoms with E-state index in [4.69, 9.17) is 0 Å². The molecule has 0 bridgehead atoms. The number of halogens is 1. The molecule has 4 fully saturated rings. The lowest BCUT2D eigenvalue weighted by atomic mass is 9.97. The van der Waals surface area contributed by atoms with Crippen molar-refractivity contribution in [2.45, 2.75) is 37.8 Å². The molecular weight excluding hydrogens is 997 g/mol. The summed E-state index contributed by atoms with van der Waals surface area (Å²) in [6, 6.07) is 33.4. The molecule has 0 radical (unpaired) electrons. The van der Waals surface area contributed by atoms with Crippen molar-refractivity contribution in [3.63, 3.8) is 0 Å². The molecule has 6 aliphatic heterocycles. The number of benzene rings is 4. The molecule has 0 aliphatic carbocycles. The number of carbonyl (C=O) groups is 4. The molecule has 368 valence electrons. The predicted molar refractivity (Wildman–Crippen MR) is 284 cm³/mol. The first-order valence-electron chi connectivity index (χ1n) is 24.7. The van der Waals surface area contributed by atoms with Crippen LogP contribution in [0.4, 0.5) is 17.1 Å². The van der Waals surface area contributed by atoms with E-state index in [2.05, 4.69) is 88.4 Å². The Morgan fingerprint density at radius 2 is 1.04 bits per heavy atom. The number of carbonyl (C=O) groups excluding carboxylic acids is 4. The Kier molecular flexibility index (Phi) is 15.5. The molecule has 12 rings (SSSR count). The molecule has 4 aromatic carbocycles. The highest BCUT2D eigenvalue weighted by Gasteiger charge is 2.39. The lowest BCUT2D eigenvalue weighted by Gasteiger charge is -2.48. The highest BCUT2D eigenvalue weighted by Crippen LogP contribution is 2.35. The van der Waals surface area contributed by atoms with Crippen LogP contribution in [0.5, 0.6) is 0 Å². The van der Waals surface area contributed by atoms with Gasteiger partial charge in [-0.1, -0.05) is 52.3 Å². The number of amides is 4. The van der Waals surface area contributed by atoms with Crippen molar-refractivity contribution in [3.8, 4) is 0 Å². The molecule has 6 aromatic rings. The first-order chi connectivity index (χ1) is 34.8. The fourth-order valence-corrected chi connectivity index (χ4v) is 11.7. The van der Waals surface area contributed by atoms with Crippen LogP contribution in [0.2, 0.25) is 0 Å². The third-order valence-corrected chi connectivity index (χ3v) is 16.4. The van der Waals surface area contributed by atoms with Gasteiger partial charge in [0.15, 0.2) is 10.0 Å². The highest BCUT2D eigenvalue weighted by atomic mass is 79.9. The van der Waals surface area contributed by atoms with Crippen molar-refractivity contribution >= 4 is 79.3 Å². The van der Waals surface area contributed by atoms with Crippen LogP contribution in [0.1, 0.15) is 64.3 Å². The molecule has 6 aliphatic rings. The number of nitrogens with zero attached hydrogens (tertiary/aromatic N) is 9. The van der Waals surface area contributed by atoms with Gasteiger partial charge in [-0.15, -0.1) is 22.7 Å². The molecule has 4 saturated heterocycles. The van der Waals surface area contributed by atoms with Crippen molar-refractivity contribution < 1.29 is 19.2 Å². The minimum atomic E-state index is 0.0308. The van der Waals surface area contributed by atoms with E-state index in [1.54, 1.807) is 12.4 Å². The van der Waals surface area contributed by atoms with E-state index in [1.165, 1.54) is 50.9 Å². The third kappa shape index (κ3) is 11.4. The topological polar surface area (TPSA) is 129 Å². The van der Waals surface area contributed by atoms with Crippen LogP contribution >= 0.6 is 38.6 Å². The number of nitrogens with one attached hydrogen (secondary N) is 1. The van der Waals surface area contributed by atoms with Crippen LogP contribution in [0.15, 0.2) is 125 Å². The Hall–Kier alpha value is -5.98. The minimum Gasteiger partial charge on any atom is -0.385 e. The molecule has 71 heavy (non-hydrogen) atoms. The van der Waals surface area contributed by atoms with Crippen molar-refractivity contribution in [3.05, 3.63) is 157 Å². The van der Waals surface area contributed by atoms with Crippen LogP contribution in [0.25, 0.3) is 0 Å². The molecule has 2 aromatic heterocycles. The summed E-state index contributed by atoms with van der Waals surface area (Å²) in [7, 11) is 0. The minimum absolute atomic E-state index is 0.0308. The number of aromatic nitrogens is 2. The van der Waals surface area contributed by atoms with Gasteiger partial charge in [-0.05, 0) is 97.5 Å². The van der Waals surface area contributed by atoms with E-state index in [0.717, 1.165) is 120 Å². The third-order valence-electron chi connectivity index (χ3n) is 14.3. The number of para-hydroxylation sites is 1. The SMILES string of the molecule is Brc1ccccc1.O=C(c1ccc2c(c1)CCCN2)N1CC(N2CCN(C(=O)c3nccs3)CC2)C1.O=C(c1ccc2c(c1)CCCN2c1ccccc1)N1CC(N2CCN(C(=O)c3nccs3)CC2)C1. The zero-order chi connectivity index (χ0) is 48.7. The highest BCUT2D eigenvalue weighted by molar-refractivity contribution is 9.10. The Labute approximate surface area is 432 Å². The van der Waals surface area contributed by atoms with Gasteiger partial charge in [-0.3, -0.25) is 29.0 Å². The van der Waals surface area contributed by atoms with Crippen LogP contribution in [-0.2, 0) is 12.8 Å². The van der Waals surface area contributed by atoms with Crippen LogP contribution in [0, 0.1) is 0 Å². The van der Waals surface area contributed by atoms with Crippen molar-refractivity contribution in [2.75, 3.05) is 102 Å². The van der Waals surface area contributed by atoms with Crippen LogP contribution in [0.3, 0.4) is 0 Å². The largest absolute Gasteiger partial charge is 0.385 e. The van der Waals surface area contributed by atoms with Crippen molar-refractivity contribution in [1.82, 2.24) is 39.4 Å². The monoisotopic (exact) mass is 1050 g/mol. The number of hydrogen-bond acceptors (Lipinski definition) is 12. The van der Waals surface area contributed by atoms with Crippen molar-refractivity contribution in [2.24, 2.45) is 0 Å². The van der Waals surface area contributed by atoms with Gasteiger partial charge in [-0.2, -0.15) is 0 Å². The summed E-state index contributed by atoms with van der Waals surface area (Å²) < 4.78 is 1.13. The van der Waals surface area contributed by atoms with Gasteiger partial charge in [0.05, 0.1) is 0 Å². The molecule has 0 spiro atoms. The fourth-order valence-electron chi connectivity index (χ4n) is 10.2. The van der Waals surface area contributed by atoms with Crippen molar-refractivity contribution in [1.29, 1.82) is 0 Å².